The Bertz CT molecular complexity index is 590. The third kappa shape index (κ3) is 7.10. The normalized spacial score (nSPS) is 19.8. The van der Waals surface area contributed by atoms with Crippen molar-refractivity contribution in [1.29, 1.82) is 0 Å². The summed E-state index contributed by atoms with van der Waals surface area (Å²) in [6.07, 6.45) is 6.56. The Kier molecular flexibility index (Phi) is 9.26. The second kappa shape index (κ2) is 11.4. The Morgan fingerprint density at radius 3 is 2.68 bits per heavy atom. The molecule has 5 nitrogen and oxygen atoms in total. The van der Waals surface area contributed by atoms with Crippen molar-refractivity contribution in [3.63, 3.8) is 0 Å². The molecule has 0 radical (unpaired) electrons. The van der Waals surface area contributed by atoms with E-state index in [-0.39, 0.29) is 5.91 Å². The zero-order chi connectivity index (χ0) is 20.4. The molecule has 0 spiro atoms. The van der Waals surface area contributed by atoms with Crippen LogP contribution in [0.2, 0.25) is 0 Å². The molecule has 2 atom stereocenters. The zero-order valence-electron chi connectivity index (χ0n) is 18.1. The summed E-state index contributed by atoms with van der Waals surface area (Å²) >= 11 is 0. The van der Waals surface area contributed by atoms with Gasteiger partial charge in [-0.1, -0.05) is 33.1 Å². The van der Waals surface area contributed by atoms with Crippen molar-refractivity contribution >= 4 is 11.6 Å². The Labute approximate surface area is 170 Å². The number of nitrogens with zero attached hydrogens (tertiary/aromatic N) is 1. The van der Waals surface area contributed by atoms with Crippen LogP contribution in [0.3, 0.4) is 0 Å². The fourth-order valence-corrected chi connectivity index (χ4v) is 3.70. The number of carbonyl (C=O) groups is 1. The fraction of sp³-hybridized carbons (Fsp3) is 0.696. The van der Waals surface area contributed by atoms with Gasteiger partial charge < -0.3 is 14.8 Å². The Morgan fingerprint density at radius 1 is 1.29 bits per heavy atom. The van der Waals surface area contributed by atoms with Crippen LogP contribution in [0.4, 0.5) is 5.69 Å². The van der Waals surface area contributed by atoms with Gasteiger partial charge in [-0.05, 0) is 62.9 Å². The van der Waals surface area contributed by atoms with Crippen LogP contribution in [0, 0.1) is 5.92 Å². The number of anilines is 1. The Morgan fingerprint density at radius 2 is 2.04 bits per heavy atom. The molecule has 1 fully saturated rings. The molecule has 1 saturated heterocycles. The fourth-order valence-electron chi connectivity index (χ4n) is 3.70. The van der Waals surface area contributed by atoms with Gasteiger partial charge in [0.15, 0.2) is 0 Å². The number of piperidine rings is 1. The van der Waals surface area contributed by atoms with Crippen molar-refractivity contribution in [2.75, 3.05) is 38.7 Å². The molecule has 158 valence electrons. The summed E-state index contributed by atoms with van der Waals surface area (Å²) in [5.41, 5.74) is -0.0309. The van der Waals surface area contributed by atoms with Gasteiger partial charge in [0.2, 0.25) is 0 Å². The number of benzene rings is 1. The van der Waals surface area contributed by atoms with Crippen LogP contribution in [0.25, 0.3) is 0 Å². The molecule has 1 aliphatic rings. The van der Waals surface area contributed by atoms with Crippen LogP contribution < -0.4 is 10.1 Å². The van der Waals surface area contributed by atoms with Gasteiger partial charge in [-0.2, -0.15) is 0 Å². The number of unbranched alkanes of at least 4 members (excludes halogenated alkanes) is 2. The molecule has 1 aromatic carbocycles. The topological polar surface area (TPSA) is 50.8 Å². The van der Waals surface area contributed by atoms with Crippen LogP contribution in [0.5, 0.6) is 5.75 Å². The third-order valence-electron chi connectivity index (χ3n) is 5.72. The minimum Gasteiger partial charge on any atom is -0.492 e. The Balaban J connectivity index is 1.78. The number of amides is 1. The molecule has 2 rings (SSSR count). The van der Waals surface area contributed by atoms with Gasteiger partial charge in [-0.3, -0.25) is 9.69 Å². The minimum absolute atomic E-state index is 0.0982. The average Bonchev–Trinajstić information content (AvgIpc) is 2.69. The lowest BCUT2D eigenvalue weighted by atomic mass is 9.97. The summed E-state index contributed by atoms with van der Waals surface area (Å²) in [6.45, 7) is 10.3. The van der Waals surface area contributed by atoms with Crippen molar-refractivity contribution in [3.05, 3.63) is 24.3 Å². The van der Waals surface area contributed by atoms with Crippen molar-refractivity contribution in [2.45, 2.75) is 64.9 Å². The van der Waals surface area contributed by atoms with Crippen LogP contribution in [0.15, 0.2) is 24.3 Å². The van der Waals surface area contributed by atoms with Crippen molar-refractivity contribution in [3.8, 4) is 5.75 Å². The molecule has 0 aliphatic carbocycles. The van der Waals surface area contributed by atoms with Crippen LogP contribution in [0.1, 0.15) is 59.3 Å². The number of nitrogens with one attached hydrogen (secondary N) is 1. The SMILES string of the molecule is CCCCC[C@@](C)(OC)C(=O)Nc1ccc(OCCN2CCC[C@H](C)C2)cc1. The predicted molar refractivity (Wildman–Crippen MR) is 115 cm³/mol. The van der Waals surface area contributed by atoms with Gasteiger partial charge >= 0.3 is 0 Å². The van der Waals surface area contributed by atoms with E-state index in [0.29, 0.717) is 6.61 Å². The summed E-state index contributed by atoms with van der Waals surface area (Å²) in [5.74, 6) is 1.52. The van der Waals surface area contributed by atoms with Gasteiger partial charge in [0, 0.05) is 25.9 Å². The number of likely N-dealkylation sites (tertiary alicyclic amines) is 1. The summed E-state index contributed by atoms with van der Waals surface area (Å²) < 4.78 is 11.4. The van der Waals surface area contributed by atoms with Gasteiger partial charge in [-0.25, -0.2) is 0 Å². The highest BCUT2D eigenvalue weighted by Crippen LogP contribution is 2.23. The minimum atomic E-state index is -0.796. The van der Waals surface area contributed by atoms with E-state index in [2.05, 4.69) is 24.1 Å². The first kappa shape index (κ1) is 22.7. The Hall–Kier alpha value is -1.59. The van der Waals surface area contributed by atoms with Crippen LogP contribution in [-0.2, 0) is 9.53 Å². The van der Waals surface area contributed by atoms with E-state index in [1.54, 1.807) is 7.11 Å². The van der Waals surface area contributed by atoms with Crippen molar-refractivity contribution in [1.82, 2.24) is 4.90 Å². The second-order valence-electron chi connectivity index (χ2n) is 8.27. The van der Waals surface area contributed by atoms with E-state index in [0.717, 1.165) is 49.6 Å². The van der Waals surface area contributed by atoms with E-state index in [4.69, 9.17) is 9.47 Å². The lowest BCUT2D eigenvalue weighted by Crippen LogP contribution is -2.41. The molecule has 0 bridgehead atoms. The average molecular weight is 391 g/mol. The monoisotopic (exact) mass is 390 g/mol. The van der Waals surface area contributed by atoms with E-state index in [1.165, 1.54) is 25.9 Å². The highest BCUT2D eigenvalue weighted by atomic mass is 16.5. The molecule has 0 aromatic heterocycles. The molecule has 1 amide bonds. The van der Waals surface area contributed by atoms with Crippen molar-refractivity contribution in [2.24, 2.45) is 5.92 Å². The standard InChI is InChI=1S/C23H38N2O3/c1-5-6-7-14-23(3,27-4)22(26)24-20-10-12-21(13-11-20)28-17-16-25-15-8-9-19(2)18-25/h10-13,19H,5-9,14-18H2,1-4H3,(H,24,26)/t19-,23+/m0/s1. The molecule has 1 aromatic rings. The predicted octanol–water partition coefficient (Wildman–Crippen LogP) is 4.72. The number of carbonyl (C=O) groups excluding carboxylic acids is 1. The van der Waals surface area contributed by atoms with E-state index in [1.807, 2.05) is 31.2 Å². The molecular weight excluding hydrogens is 352 g/mol. The first-order valence-corrected chi connectivity index (χ1v) is 10.8. The quantitative estimate of drug-likeness (QED) is 0.556. The molecule has 0 unspecified atom stereocenters. The largest absolute Gasteiger partial charge is 0.492 e. The zero-order valence-corrected chi connectivity index (χ0v) is 18.1. The molecule has 5 heteroatoms. The maximum absolute atomic E-state index is 12.6. The van der Waals surface area contributed by atoms with Crippen LogP contribution in [-0.4, -0.2) is 49.8 Å². The van der Waals surface area contributed by atoms with Crippen molar-refractivity contribution < 1.29 is 14.3 Å². The number of ether oxygens (including phenoxy) is 2. The smallest absolute Gasteiger partial charge is 0.256 e. The summed E-state index contributed by atoms with van der Waals surface area (Å²) in [6, 6.07) is 7.60. The highest BCUT2D eigenvalue weighted by molar-refractivity contribution is 5.97. The maximum atomic E-state index is 12.6. The maximum Gasteiger partial charge on any atom is 0.256 e. The van der Waals surface area contributed by atoms with Gasteiger partial charge in [0.05, 0.1) is 0 Å². The number of methoxy groups -OCH3 is 1. The lowest BCUT2D eigenvalue weighted by Gasteiger charge is -2.30. The lowest BCUT2D eigenvalue weighted by molar-refractivity contribution is -0.136. The van der Waals surface area contributed by atoms with Crippen LogP contribution >= 0.6 is 0 Å². The molecule has 0 saturated carbocycles. The molecule has 1 aliphatic heterocycles. The summed E-state index contributed by atoms with van der Waals surface area (Å²) in [7, 11) is 1.60. The molecular formula is C23H38N2O3. The molecule has 28 heavy (non-hydrogen) atoms. The number of rotatable bonds is 11. The summed E-state index contributed by atoms with van der Waals surface area (Å²) in [5, 5.41) is 2.97. The number of hydrogen-bond donors (Lipinski definition) is 1. The van der Waals surface area contributed by atoms with E-state index < -0.39 is 5.60 Å². The van der Waals surface area contributed by atoms with E-state index >= 15 is 0 Å². The molecule has 1 N–H and O–H groups in total. The number of hydrogen-bond acceptors (Lipinski definition) is 4. The third-order valence-corrected chi connectivity index (χ3v) is 5.72. The van der Waals surface area contributed by atoms with Gasteiger partial charge in [0.1, 0.15) is 18.0 Å². The van der Waals surface area contributed by atoms with Gasteiger partial charge in [0.25, 0.3) is 5.91 Å². The highest BCUT2D eigenvalue weighted by Gasteiger charge is 2.32. The second-order valence-corrected chi connectivity index (χ2v) is 8.27. The van der Waals surface area contributed by atoms with Gasteiger partial charge in [-0.15, -0.1) is 0 Å². The van der Waals surface area contributed by atoms with E-state index in [9.17, 15) is 4.79 Å². The molecule has 1 heterocycles. The first-order valence-electron chi connectivity index (χ1n) is 10.8. The summed E-state index contributed by atoms with van der Waals surface area (Å²) in [4.78, 5) is 15.1. The first-order chi connectivity index (χ1) is 13.5.